The van der Waals surface area contributed by atoms with E-state index in [1.807, 2.05) is 46.0 Å². The molecule has 0 radical (unpaired) electrons. The van der Waals surface area contributed by atoms with Crippen molar-refractivity contribution in [2.45, 2.75) is 25.4 Å². The fourth-order valence-corrected chi connectivity index (χ4v) is 4.07. The highest BCUT2D eigenvalue weighted by atomic mass is 16.4. The maximum atomic E-state index is 12.1. The van der Waals surface area contributed by atoms with E-state index in [2.05, 4.69) is 0 Å². The van der Waals surface area contributed by atoms with Crippen LogP contribution in [0.1, 0.15) is 40.4 Å². The van der Waals surface area contributed by atoms with Crippen LogP contribution in [0.2, 0.25) is 0 Å². The minimum absolute atomic E-state index is 0.164. The molecule has 1 fully saturated rings. The number of aliphatic carboxylic acids is 1. The zero-order valence-electron chi connectivity index (χ0n) is 15.4. The van der Waals surface area contributed by atoms with Crippen molar-refractivity contribution in [3.05, 3.63) is 71.4 Å². The summed E-state index contributed by atoms with van der Waals surface area (Å²) in [7, 11) is 0. The lowest BCUT2D eigenvalue weighted by Crippen LogP contribution is -2.31. The first-order valence-electron chi connectivity index (χ1n) is 9.41. The van der Waals surface area contributed by atoms with E-state index in [9.17, 15) is 19.8 Å². The zero-order chi connectivity index (χ0) is 19.7. The van der Waals surface area contributed by atoms with Gasteiger partial charge in [0.25, 0.3) is 0 Å². The molecule has 0 aliphatic carbocycles. The molecule has 144 valence electrons. The third kappa shape index (κ3) is 3.39. The van der Waals surface area contributed by atoms with Gasteiger partial charge < -0.3 is 14.8 Å². The number of carbonyl (C=O) groups is 2. The summed E-state index contributed by atoms with van der Waals surface area (Å²) in [5.41, 5.74) is 2.76. The van der Waals surface area contributed by atoms with E-state index in [0.29, 0.717) is 17.5 Å². The standard InChI is InChI=1S/C22H22N2O4/c25-21(26)16-8-9-19-17(12-16)18(20(22(27)28)23-10-4-5-11-23)14-24(19)13-15-6-2-1-3-7-15/h1-3,6-9,12,14,20H,4-5,10-11,13H2,(H,25,26)(H,27,28). The summed E-state index contributed by atoms with van der Waals surface area (Å²) < 4.78 is 2.01. The Bertz CT molecular complexity index is 1020. The lowest BCUT2D eigenvalue weighted by molar-refractivity contribution is -0.143. The summed E-state index contributed by atoms with van der Waals surface area (Å²) in [6.07, 6.45) is 3.83. The quantitative estimate of drug-likeness (QED) is 0.685. The molecule has 1 aromatic heterocycles. The van der Waals surface area contributed by atoms with Crippen LogP contribution in [-0.2, 0) is 11.3 Å². The van der Waals surface area contributed by atoms with Gasteiger partial charge in [-0.25, -0.2) is 4.79 Å². The average Bonchev–Trinajstić information content (AvgIpc) is 3.32. The highest BCUT2D eigenvalue weighted by Crippen LogP contribution is 2.33. The molecule has 6 nitrogen and oxygen atoms in total. The monoisotopic (exact) mass is 378 g/mol. The second-order valence-corrected chi connectivity index (χ2v) is 7.22. The summed E-state index contributed by atoms with van der Waals surface area (Å²) in [5.74, 6) is -1.92. The highest BCUT2D eigenvalue weighted by molar-refractivity contribution is 5.96. The molecule has 2 heterocycles. The van der Waals surface area contributed by atoms with Crippen molar-refractivity contribution in [1.82, 2.24) is 9.47 Å². The summed E-state index contributed by atoms with van der Waals surface area (Å²) >= 11 is 0. The van der Waals surface area contributed by atoms with Gasteiger partial charge in [0.15, 0.2) is 0 Å². The number of carboxylic acids is 2. The van der Waals surface area contributed by atoms with Crippen molar-refractivity contribution >= 4 is 22.8 Å². The van der Waals surface area contributed by atoms with E-state index in [0.717, 1.165) is 37.0 Å². The van der Waals surface area contributed by atoms with Crippen LogP contribution >= 0.6 is 0 Å². The Labute approximate surface area is 162 Å². The van der Waals surface area contributed by atoms with Gasteiger partial charge in [-0.2, -0.15) is 0 Å². The molecule has 6 heteroatoms. The molecule has 0 saturated carbocycles. The molecule has 3 aromatic rings. The van der Waals surface area contributed by atoms with Crippen molar-refractivity contribution in [3.63, 3.8) is 0 Å². The first kappa shape index (κ1) is 18.3. The molecule has 1 aliphatic rings. The fraction of sp³-hybridized carbons (Fsp3) is 0.273. The molecule has 0 amide bonds. The molecule has 1 saturated heterocycles. The van der Waals surface area contributed by atoms with Gasteiger partial charge >= 0.3 is 11.9 Å². The largest absolute Gasteiger partial charge is 0.480 e. The first-order chi connectivity index (χ1) is 13.5. The number of rotatable bonds is 6. The molecular weight excluding hydrogens is 356 g/mol. The number of fused-ring (bicyclic) bond motifs is 1. The van der Waals surface area contributed by atoms with Gasteiger partial charge in [0.05, 0.1) is 5.56 Å². The Kier molecular flexibility index (Phi) is 4.88. The summed E-state index contributed by atoms with van der Waals surface area (Å²) in [4.78, 5) is 25.6. The molecule has 2 N–H and O–H groups in total. The van der Waals surface area contributed by atoms with Gasteiger partial charge in [-0.3, -0.25) is 9.69 Å². The third-order valence-electron chi connectivity index (χ3n) is 5.39. The van der Waals surface area contributed by atoms with Crippen LogP contribution in [0.4, 0.5) is 0 Å². The third-order valence-corrected chi connectivity index (χ3v) is 5.39. The van der Waals surface area contributed by atoms with Crippen LogP contribution < -0.4 is 0 Å². The van der Waals surface area contributed by atoms with Crippen molar-refractivity contribution in [1.29, 1.82) is 0 Å². The second kappa shape index (κ2) is 7.48. The molecule has 28 heavy (non-hydrogen) atoms. The molecule has 2 aromatic carbocycles. The number of aromatic carboxylic acids is 1. The Morgan fingerprint density at radius 1 is 1.00 bits per heavy atom. The molecular formula is C22H22N2O4. The first-order valence-corrected chi connectivity index (χ1v) is 9.41. The second-order valence-electron chi connectivity index (χ2n) is 7.22. The van der Waals surface area contributed by atoms with Gasteiger partial charge in [0.2, 0.25) is 0 Å². The van der Waals surface area contributed by atoms with Crippen LogP contribution in [-0.4, -0.2) is 44.7 Å². The number of likely N-dealkylation sites (tertiary alicyclic amines) is 1. The predicted octanol–water partition coefficient (Wildman–Crippen LogP) is 3.61. The van der Waals surface area contributed by atoms with E-state index >= 15 is 0 Å². The van der Waals surface area contributed by atoms with Gasteiger partial charge in [-0.05, 0) is 49.7 Å². The van der Waals surface area contributed by atoms with Crippen LogP contribution in [0.5, 0.6) is 0 Å². The number of hydrogen-bond donors (Lipinski definition) is 2. The Morgan fingerprint density at radius 3 is 2.36 bits per heavy atom. The highest BCUT2D eigenvalue weighted by Gasteiger charge is 2.32. The van der Waals surface area contributed by atoms with E-state index in [-0.39, 0.29) is 5.56 Å². The van der Waals surface area contributed by atoms with Crippen molar-refractivity contribution in [3.8, 4) is 0 Å². The van der Waals surface area contributed by atoms with Gasteiger partial charge in [-0.15, -0.1) is 0 Å². The minimum atomic E-state index is -1.02. The Morgan fingerprint density at radius 2 is 1.71 bits per heavy atom. The van der Waals surface area contributed by atoms with E-state index in [1.54, 1.807) is 18.2 Å². The van der Waals surface area contributed by atoms with Crippen molar-refractivity contribution in [2.75, 3.05) is 13.1 Å². The van der Waals surface area contributed by atoms with Crippen LogP contribution in [0.15, 0.2) is 54.7 Å². The lowest BCUT2D eigenvalue weighted by atomic mass is 10.0. The number of benzene rings is 2. The molecule has 0 bridgehead atoms. The van der Waals surface area contributed by atoms with Gasteiger partial charge in [0.1, 0.15) is 6.04 Å². The average molecular weight is 378 g/mol. The maximum Gasteiger partial charge on any atom is 0.335 e. The predicted molar refractivity (Wildman–Crippen MR) is 106 cm³/mol. The molecule has 0 spiro atoms. The molecule has 1 unspecified atom stereocenters. The van der Waals surface area contributed by atoms with Crippen LogP contribution in [0, 0.1) is 0 Å². The number of hydrogen-bond acceptors (Lipinski definition) is 3. The van der Waals surface area contributed by atoms with Gasteiger partial charge in [-0.1, -0.05) is 30.3 Å². The van der Waals surface area contributed by atoms with E-state index < -0.39 is 18.0 Å². The van der Waals surface area contributed by atoms with Crippen molar-refractivity contribution < 1.29 is 19.8 Å². The van der Waals surface area contributed by atoms with E-state index in [1.165, 1.54) is 0 Å². The molecule has 1 aliphatic heterocycles. The smallest absolute Gasteiger partial charge is 0.335 e. The van der Waals surface area contributed by atoms with Gasteiger partial charge in [0, 0.05) is 29.2 Å². The maximum absolute atomic E-state index is 12.1. The minimum Gasteiger partial charge on any atom is -0.480 e. The van der Waals surface area contributed by atoms with E-state index in [4.69, 9.17) is 0 Å². The Hall–Kier alpha value is -3.12. The number of nitrogens with zero attached hydrogens (tertiary/aromatic N) is 2. The number of aromatic nitrogens is 1. The summed E-state index contributed by atoms with van der Waals surface area (Å²) in [6, 6.07) is 14.1. The number of carboxylic acid groups (broad SMARTS) is 2. The van der Waals surface area contributed by atoms with Crippen molar-refractivity contribution in [2.24, 2.45) is 0 Å². The van der Waals surface area contributed by atoms with Crippen LogP contribution in [0.3, 0.4) is 0 Å². The SMILES string of the molecule is O=C(O)c1ccc2c(c1)c(C(C(=O)O)N1CCCC1)cn2Cc1ccccc1. The lowest BCUT2D eigenvalue weighted by Gasteiger charge is -2.23. The fourth-order valence-electron chi connectivity index (χ4n) is 4.07. The molecule has 4 rings (SSSR count). The summed E-state index contributed by atoms with van der Waals surface area (Å²) in [5, 5.41) is 20.0. The zero-order valence-corrected chi connectivity index (χ0v) is 15.4. The van der Waals surface area contributed by atoms with Crippen LogP contribution in [0.25, 0.3) is 10.9 Å². The summed E-state index contributed by atoms with van der Waals surface area (Å²) in [6.45, 7) is 2.07. The normalized spacial score (nSPS) is 15.7. The Balaban J connectivity index is 1.86. The molecule has 1 atom stereocenters. The topological polar surface area (TPSA) is 82.8 Å².